The standard InChI is InChI=1S/C35H34O7/c1-42-32-22-31(40)33(35(41)34(32)30(39)21-13-24-11-17-27(37)18-12-24)29(25-14-19-28(38)20-15-25)9-5-8-26(36)16-10-23-6-3-2-4-7-23/h2-7,9,11-15,17-22,26,29,36-38,40-41H,8,10,16H2,1H3. The number of hydrogen-bond acceptors (Lipinski definition) is 7. The molecule has 0 bridgehead atoms. The van der Waals surface area contributed by atoms with Crippen LogP contribution < -0.4 is 4.74 Å². The molecule has 0 aliphatic heterocycles. The van der Waals surface area contributed by atoms with E-state index < -0.39 is 23.6 Å². The van der Waals surface area contributed by atoms with Gasteiger partial charge in [0.1, 0.15) is 34.3 Å². The maximum Gasteiger partial charge on any atom is 0.193 e. The molecule has 4 aromatic rings. The van der Waals surface area contributed by atoms with Gasteiger partial charge in [-0.15, -0.1) is 0 Å². The summed E-state index contributed by atoms with van der Waals surface area (Å²) in [5.74, 6) is -1.85. The molecule has 0 spiro atoms. The number of ketones is 1. The number of aliphatic hydroxyl groups is 1. The fourth-order valence-corrected chi connectivity index (χ4v) is 4.72. The van der Waals surface area contributed by atoms with Crippen LogP contribution in [0.4, 0.5) is 0 Å². The zero-order valence-electron chi connectivity index (χ0n) is 23.2. The van der Waals surface area contributed by atoms with Crippen LogP contribution in [0.5, 0.6) is 28.7 Å². The number of carbonyl (C=O) groups excluding carboxylic acids is 1. The van der Waals surface area contributed by atoms with Crippen molar-refractivity contribution in [1.29, 1.82) is 0 Å². The van der Waals surface area contributed by atoms with E-state index in [-0.39, 0.29) is 34.1 Å². The van der Waals surface area contributed by atoms with Crippen LogP contribution in [-0.2, 0) is 6.42 Å². The van der Waals surface area contributed by atoms with Gasteiger partial charge in [-0.25, -0.2) is 0 Å². The summed E-state index contributed by atoms with van der Waals surface area (Å²) in [7, 11) is 1.34. The van der Waals surface area contributed by atoms with Gasteiger partial charge in [0, 0.05) is 17.5 Å². The van der Waals surface area contributed by atoms with E-state index in [2.05, 4.69) is 0 Å². The van der Waals surface area contributed by atoms with Gasteiger partial charge >= 0.3 is 0 Å². The van der Waals surface area contributed by atoms with Crippen LogP contribution in [0.25, 0.3) is 6.08 Å². The highest BCUT2D eigenvalue weighted by molar-refractivity contribution is 6.11. The molecule has 0 radical (unpaired) electrons. The van der Waals surface area contributed by atoms with Gasteiger partial charge in [0.25, 0.3) is 0 Å². The molecule has 0 amide bonds. The summed E-state index contributed by atoms with van der Waals surface area (Å²) >= 11 is 0. The van der Waals surface area contributed by atoms with Crippen LogP contribution in [0, 0.1) is 0 Å². The van der Waals surface area contributed by atoms with Gasteiger partial charge in [-0.3, -0.25) is 4.79 Å². The van der Waals surface area contributed by atoms with Crippen molar-refractivity contribution in [3.05, 3.63) is 131 Å². The molecule has 0 heterocycles. The Balaban J connectivity index is 1.65. The number of hydrogen-bond donors (Lipinski definition) is 5. The zero-order chi connectivity index (χ0) is 30.1. The Morgan fingerprint density at radius 3 is 2.17 bits per heavy atom. The Morgan fingerprint density at radius 1 is 0.881 bits per heavy atom. The Morgan fingerprint density at radius 2 is 1.52 bits per heavy atom. The molecule has 2 unspecified atom stereocenters. The lowest BCUT2D eigenvalue weighted by atomic mass is 9.86. The molecule has 0 fully saturated rings. The molecule has 0 saturated carbocycles. The second-order valence-electron chi connectivity index (χ2n) is 9.94. The summed E-state index contributed by atoms with van der Waals surface area (Å²) in [6, 6.07) is 23.7. The normalized spacial score (nSPS) is 12.9. The topological polar surface area (TPSA) is 127 Å². The summed E-state index contributed by atoms with van der Waals surface area (Å²) < 4.78 is 5.34. The number of aromatic hydroxyl groups is 4. The molecule has 0 aromatic heterocycles. The number of methoxy groups -OCH3 is 1. The first-order valence-corrected chi connectivity index (χ1v) is 13.6. The summed E-state index contributed by atoms with van der Waals surface area (Å²) in [6.45, 7) is 0. The Bertz CT molecular complexity index is 1540. The van der Waals surface area contributed by atoms with E-state index in [0.717, 1.165) is 12.0 Å². The van der Waals surface area contributed by atoms with Gasteiger partial charge in [-0.1, -0.05) is 72.8 Å². The molecule has 0 aliphatic carbocycles. The summed E-state index contributed by atoms with van der Waals surface area (Å²) in [5.41, 5.74) is 2.39. The highest BCUT2D eigenvalue weighted by atomic mass is 16.5. The van der Waals surface area contributed by atoms with E-state index >= 15 is 0 Å². The van der Waals surface area contributed by atoms with E-state index in [9.17, 15) is 30.3 Å². The lowest BCUT2D eigenvalue weighted by molar-refractivity contribution is 0.104. The monoisotopic (exact) mass is 566 g/mol. The van der Waals surface area contributed by atoms with Crippen molar-refractivity contribution in [3.63, 3.8) is 0 Å². The van der Waals surface area contributed by atoms with Crippen LogP contribution >= 0.6 is 0 Å². The number of phenols is 4. The minimum absolute atomic E-state index is 0.00104. The second kappa shape index (κ2) is 14.1. The van der Waals surface area contributed by atoms with Crippen molar-refractivity contribution < 1.29 is 35.1 Å². The minimum Gasteiger partial charge on any atom is -0.508 e. The number of phenolic OH excluding ortho intramolecular Hbond substituents is 4. The van der Waals surface area contributed by atoms with E-state index in [4.69, 9.17) is 4.74 Å². The molecule has 4 aromatic carbocycles. The maximum absolute atomic E-state index is 13.3. The van der Waals surface area contributed by atoms with Crippen LogP contribution in [0.2, 0.25) is 0 Å². The first-order valence-electron chi connectivity index (χ1n) is 13.6. The molecule has 42 heavy (non-hydrogen) atoms. The molecular weight excluding hydrogens is 532 g/mol. The van der Waals surface area contributed by atoms with Crippen molar-refractivity contribution in [2.24, 2.45) is 0 Å². The number of aryl methyl sites for hydroxylation is 1. The Hall–Kier alpha value is -5.01. The molecule has 4 rings (SSSR count). The Kier molecular flexibility index (Phi) is 10.0. The van der Waals surface area contributed by atoms with E-state index in [0.29, 0.717) is 24.0 Å². The number of aliphatic hydroxyl groups excluding tert-OH is 1. The highest BCUT2D eigenvalue weighted by Crippen LogP contribution is 2.45. The fourth-order valence-electron chi connectivity index (χ4n) is 4.72. The second-order valence-corrected chi connectivity index (χ2v) is 9.94. The molecule has 0 saturated heterocycles. The highest BCUT2D eigenvalue weighted by Gasteiger charge is 2.27. The number of allylic oxidation sites excluding steroid dienone is 2. The summed E-state index contributed by atoms with van der Waals surface area (Å²) in [4.78, 5) is 13.3. The van der Waals surface area contributed by atoms with Crippen molar-refractivity contribution in [2.75, 3.05) is 7.11 Å². The lowest BCUT2D eigenvalue weighted by Gasteiger charge is -2.20. The van der Waals surface area contributed by atoms with Gasteiger partial charge in [0.05, 0.1) is 13.2 Å². The number of ether oxygens (including phenoxy) is 1. The average molecular weight is 567 g/mol. The molecule has 5 N–H and O–H groups in total. The summed E-state index contributed by atoms with van der Waals surface area (Å²) in [6.07, 6.45) is 7.36. The maximum atomic E-state index is 13.3. The number of carbonyl (C=O) groups is 1. The number of rotatable bonds is 12. The van der Waals surface area contributed by atoms with Gasteiger partial charge in [-0.05, 0) is 66.3 Å². The van der Waals surface area contributed by atoms with Crippen LogP contribution in [0.1, 0.15) is 51.4 Å². The zero-order valence-corrected chi connectivity index (χ0v) is 23.2. The van der Waals surface area contributed by atoms with Crippen molar-refractivity contribution in [1.82, 2.24) is 0 Å². The fraction of sp³-hybridized carbons (Fsp3) is 0.171. The number of benzene rings is 4. The van der Waals surface area contributed by atoms with Gasteiger partial charge in [0.15, 0.2) is 5.78 Å². The van der Waals surface area contributed by atoms with Crippen molar-refractivity contribution in [2.45, 2.75) is 31.3 Å². The molecular formula is C35H34O7. The third kappa shape index (κ3) is 7.59. The van der Waals surface area contributed by atoms with Crippen molar-refractivity contribution in [3.8, 4) is 28.7 Å². The third-order valence-electron chi connectivity index (χ3n) is 6.98. The molecule has 2 atom stereocenters. The lowest BCUT2D eigenvalue weighted by Crippen LogP contribution is -2.08. The van der Waals surface area contributed by atoms with Crippen LogP contribution in [0.3, 0.4) is 0 Å². The average Bonchev–Trinajstić information content (AvgIpc) is 2.99. The Labute approximate surface area is 244 Å². The largest absolute Gasteiger partial charge is 0.508 e. The van der Waals surface area contributed by atoms with E-state index in [1.807, 2.05) is 30.3 Å². The molecule has 7 nitrogen and oxygen atoms in total. The first kappa shape index (κ1) is 30.0. The van der Waals surface area contributed by atoms with E-state index in [1.165, 1.54) is 43.5 Å². The van der Waals surface area contributed by atoms with Crippen molar-refractivity contribution >= 4 is 11.9 Å². The molecule has 216 valence electrons. The van der Waals surface area contributed by atoms with Gasteiger partial charge in [0.2, 0.25) is 0 Å². The van der Waals surface area contributed by atoms with Gasteiger partial charge in [-0.2, -0.15) is 0 Å². The van der Waals surface area contributed by atoms with Gasteiger partial charge < -0.3 is 30.3 Å². The quantitative estimate of drug-likeness (QED) is 0.0754. The van der Waals surface area contributed by atoms with E-state index in [1.54, 1.807) is 42.5 Å². The molecule has 0 aliphatic rings. The third-order valence-corrected chi connectivity index (χ3v) is 6.98. The minimum atomic E-state index is -0.717. The smallest absolute Gasteiger partial charge is 0.193 e. The predicted octanol–water partition coefficient (Wildman–Crippen LogP) is 6.49. The first-order chi connectivity index (χ1) is 20.3. The predicted molar refractivity (Wildman–Crippen MR) is 162 cm³/mol. The van der Waals surface area contributed by atoms with Crippen LogP contribution in [-0.4, -0.2) is 44.5 Å². The summed E-state index contributed by atoms with van der Waals surface area (Å²) in [5, 5.41) is 52.4. The SMILES string of the molecule is COc1cc(O)c(C(C=CCC(O)CCc2ccccc2)c2ccc(O)cc2)c(O)c1C(=O)C=Cc1ccc(O)cc1. The molecule has 7 heteroatoms. The van der Waals surface area contributed by atoms with Crippen LogP contribution in [0.15, 0.2) is 103 Å².